The van der Waals surface area contributed by atoms with Crippen molar-refractivity contribution < 1.29 is 18.8 Å². The number of piperidine rings is 1. The Morgan fingerprint density at radius 2 is 1.64 bits per heavy atom. The standard InChI is InChI=1S/C24H33N5O4/c1-32-20-7-5-19(6-8-20)17-24(31)29-15-13-27(14-16-29)18-21-25-22(33-26-21)9-10-23(30)28-11-3-2-4-12-28/h5-8H,2-4,9-18H2,1H3. The average molecular weight is 456 g/mol. The molecule has 2 aliphatic heterocycles. The Morgan fingerprint density at radius 1 is 0.939 bits per heavy atom. The molecular weight excluding hydrogens is 422 g/mol. The maximum atomic E-state index is 12.6. The number of ether oxygens (including phenoxy) is 1. The van der Waals surface area contributed by atoms with Crippen molar-refractivity contribution in [2.75, 3.05) is 46.4 Å². The predicted molar refractivity (Wildman–Crippen MR) is 122 cm³/mol. The Bertz CT molecular complexity index is 915. The van der Waals surface area contributed by atoms with Crippen LogP contribution in [0.4, 0.5) is 0 Å². The molecule has 178 valence electrons. The first kappa shape index (κ1) is 23.2. The van der Waals surface area contributed by atoms with Crippen molar-refractivity contribution in [3.8, 4) is 5.75 Å². The lowest BCUT2D eigenvalue weighted by molar-refractivity contribution is -0.133. The fraction of sp³-hybridized carbons (Fsp3) is 0.583. The minimum absolute atomic E-state index is 0.139. The smallest absolute Gasteiger partial charge is 0.227 e. The van der Waals surface area contributed by atoms with E-state index >= 15 is 0 Å². The van der Waals surface area contributed by atoms with Crippen LogP contribution in [-0.4, -0.2) is 83.0 Å². The van der Waals surface area contributed by atoms with Gasteiger partial charge in [0.2, 0.25) is 17.7 Å². The summed E-state index contributed by atoms with van der Waals surface area (Å²) in [7, 11) is 1.63. The monoisotopic (exact) mass is 455 g/mol. The van der Waals surface area contributed by atoms with Crippen LogP contribution in [-0.2, 0) is 29.0 Å². The molecule has 0 spiro atoms. The van der Waals surface area contributed by atoms with Crippen molar-refractivity contribution in [1.29, 1.82) is 0 Å². The molecule has 2 saturated heterocycles. The van der Waals surface area contributed by atoms with E-state index in [-0.39, 0.29) is 11.8 Å². The second-order valence-corrected chi connectivity index (χ2v) is 8.73. The molecule has 9 heteroatoms. The zero-order valence-electron chi connectivity index (χ0n) is 19.4. The first-order valence-corrected chi connectivity index (χ1v) is 11.8. The topological polar surface area (TPSA) is 92.0 Å². The largest absolute Gasteiger partial charge is 0.497 e. The quantitative estimate of drug-likeness (QED) is 0.600. The number of methoxy groups -OCH3 is 1. The molecule has 4 rings (SSSR count). The van der Waals surface area contributed by atoms with Crippen LogP contribution in [0.1, 0.15) is 43.0 Å². The van der Waals surface area contributed by atoms with Gasteiger partial charge in [-0.2, -0.15) is 4.98 Å². The van der Waals surface area contributed by atoms with Crippen LogP contribution in [0.2, 0.25) is 0 Å². The van der Waals surface area contributed by atoms with Gasteiger partial charge in [-0.1, -0.05) is 17.3 Å². The highest BCUT2D eigenvalue weighted by Crippen LogP contribution is 2.15. The molecule has 2 aliphatic rings. The van der Waals surface area contributed by atoms with E-state index < -0.39 is 0 Å². The number of hydrogen-bond donors (Lipinski definition) is 0. The number of nitrogens with zero attached hydrogens (tertiary/aromatic N) is 5. The van der Waals surface area contributed by atoms with Crippen molar-refractivity contribution in [3.63, 3.8) is 0 Å². The van der Waals surface area contributed by atoms with Gasteiger partial charge in [-0.15, -0.1) is 0 Å². The Labute approximate surface area is 194 Å². The van der Waals surface area contributed by atoms with E-state index in [0.717, 1.165) is 50.3 Å². The van der Waals surface area contributed by atoms with Crippen molar-refractivity contribution >= 4 is 11.8 Å². The van der Waals surface area contributed by atoms with Crippen LogP contribution in [0.15, 0.2) is 28.8 Å². The molecule has 0 aliphatic carbocycles. The van der Waals surface area contributed by atoms with Gasteiger partial charge in [0.1, 0.15) is 5.75 Å². The van der Waals surface area contributed by atoms with Crippen LogP contribution < -0.4 is 4.74 Å². The Balaban J connectivity index is 1.18. The first-order valence-electron chi connectivity index (χ1n) is 11.8. The summed E-state index contributed by atoms with van der Waals surface area (Å²) >= 11 is 0. The summed E-state index contributed by atoms with van der Waals surface area (Å²) in [5, 5.41) is 4.08. The van der Waals surface area contributed by atoms with Crippen LogP contribution in [0.25, 0.3) is 0 Å². The number of rotatable bonds is 8. The fourth-order valence-corrected chi connectivity index (χ4v) is 4.36. The lowest BCUT2D eigenvalue weighted by atomic mass is 10.1. The number of aryl methyl sites for hydroxylation is 1. The average Bonchev–Trinajstić information content (AvgIpc) is 3.31. The molecule has 0 bridgehead atoms. The Hall–Kier alpha value is -2.94. The second kappa shape index (κ2) is 11.3. The van der Waals surface area contributed by atoms with Gasteiger partial charge in [0.25, 0.3) is 0 Å². The molecule has 1 aromatic heterocycles. The number of hydrogen-bond acceptors (Lipinski definition) is 7. The highest BCUT2D eigenvalue weighted by molar-refractivity contribution is 5.79. The van der Waals surface area contributed by atoms with E-state index in [1.54, 1.807) is 7.11 Å². The van der Waals surface area contributed by atoms with Crippen LogP contribution in [0.3, 0.4) is 0 Å². The third-order valence-electron chi connectivity index (χ3n) is 6.38. The molecule has 0 N–H and O–H groups in total. The van der Waals surface area contributed by atoms with Gasteiger partial charge in [-0.25, -0.2) is 0 Å². The molecule has 9 nitrogen and oxygen atoms in total. The number of amides is 2. The number of piperazine rings is 1. The number of carbonyl (C=O) groups excluding carboxylic acids is 2. The molecule has 2 amide bonds. The molecular formula is C24H33N5O4. The SMILES string of the molecule is COc1ccc(CC(=O)N2CCN(Cc3noc(CCC(=O)N4CCCCC4)n3)CC2)cc1. The lowest BCUT2D eigenvalue weighted by Crippen LogP contribution is -2.48. The van der Waals surface area contributed by atoms with Gasteiger partial charge in [0, 0.05) is 52.1 Å². The highest BCUT2D eigenvalue weighted by Gasteiger charge is 2.23. The normalized spacial score (nSPS) is 17.2. The summed E-state index contributed by atoms with van der Waals surface area (Å²) in [5.74, 6) is 2.25. The van der Waals surface area contributed by atoms with Crippen LogP contribution in [0, 0.1) is 0 Å². The minimum atomic E-state index is 0.139. The van der Waals surface area contributed by atoms with Crippen LogP contribution >= 0.6 is 0 Å². The molecule has 3 heterocycles. The summed E-state index contributed by atoms with van der Waals surface area (Å²) < 4.78 is 10.5. The minimum Gasteiger partial charge on any atom is -0.497 e. The van der Waals surface area contributed by atoms with Crippen molar-refractivity contribution in [3.05, 3.63) is 41.5 Å². The van der Waals surface area contributed by atoms with E-state index in [2.05, 4.69) is 15.0 Å². The maximum absolute atomic E-state index is 12.6. The second-order valence-electron chi connectivity index (χ2n) is 8.73. The summed E-state index contributed by atoms with van der Waals surface area (Å²) in [6, 6.07) is 7.62. The van der Waals surface area contributed by atoms with Crippen LogP contribution in [0.5, 0.6) is 5.75 Å². The zero-order chi connectivity index (χ0) is 23.0. The van der Waals surface area contributed by atoms with Gasteiger partial charge in [0.05, 0.1) is 20.1 Å². The molecule has 0 atom stereocenters. The van der Waals surface area contributed by atoms with E-state index in [1.807, 2.05) is 34.1 Å². The summed E-state index contributed by atoms with van der Waals surface area (Å²) in [6.07, 6.45) is 4.69. The van der Waals surface area contributed by atoms with E-state index in [0.29, 0.717) is 50.6 Å². The van der Waals surface area contributed by atoms with Crippen molar-refractivity contribution in [1.82, 2.24) is 24.8 Å². The van der Waals surface area contributed by atoms with Crippen molar-refractivity contribution in [2.45, 2.75) is 45.1 Å². The highest BCUT2D eigenvalue weighted by atomic mass is 16.5. The van der Waals surface area contributed by atoms with E-state index in [4.69, 9.17) is 9.26 Å². The number of benzene rings is 1. The van der Waals surface area contributed by atoms with Crippen molar-refractivity contribution in [2.24, 2.45) is 0 Å². The van der Waals surface area contributed by atoms with Gasteiger partial charge in [-0.05, 0) is 37.0 Å². The molecule has 0 unspecified atom stereocenters. The molecule has 33 heavy (non-hydrogen) atoms. The molecule has 2 aromatic rings. The zero-order valence-corrected chi connectivity index (χ0v) is 19.4. The summed E-state index contributed by atoms with van der Waals surface area (Å²) in [6.45, 7) is 5.22. The lowest BCUT2D eigenvalue weighted by Gasteiger charge is -2.34. The number of aromatic nitrogens is 2. The van der Waals surface area contributed by atoms with Gasteiger partial charge in [-0.3, -0.25) is 14.5 Å². The van der Waals surface area contributed by atoms with Gasteiger partial charge in [0.15, 0.2) is 5.82 Å². The molecule has 0 radical (unpaired) electrons. The van der Waals surface area contributed by atoms with Gasteiger partial charge >= 0.3 is 0 Å². The predicted octanol–water partition coefficient (Wildman–Crippen LogP) is 1.91. The molecule has 0 saturated carbocycles. The van der Waals surface area contributed by atoms with Gasteiger partial charge < -0.3 is 19.1 Å². The first-order chi connectivity index (χ1) is 16.1. The third-order valence-corrected chi connectivity index (χ3v) is 6.38. The Kier molecular flexibility index (Phi) is 7.93. The van der Waals surface area contributed by atoms with E-state index in [9.17, 15) is 9.59 Å². The fourth-order valence-electron chi connectivity index (χ4n) is 4.36. The maximum Gasteiger partial charge on any atom is 0.227 e. The molecule has 2 fully saturated rings. The number of carbonyl (C=O) groups is 2. The Morgan fingerprint density at radius 3 is 2.33 bits per heavy atom. The third kappa shape index (κ3) is 6.54. The summed E-state index contributed by atoms with van der Waals surface area (Å²) in [4.78, 5) is 35.5. The molecule has 1 aromatic carbocycles. The number of likely N-dealkylation sites (tertiary alicyclic amines) is 1. The summed E-state index contributed by atoms with van der Waals surface area (Å²) in [5.41, 5.74) is 0.987. The van der Waals surface area contributed by atoms with E-state index in [1.165, 1.54) is 6.42 Å².